The fraction of sp³-hybridized carbons (Fsp3) is 0.462. The summed E-state index contributed by atoms with van der Waals surface area (Å²) in [5.74, 6) is 0.903. The summed E-state index contributed by atoms with van der Waals surface area (Å²) in [5.41, 5.74) is 0. The zero-order valence-corrected chi connectivity index (χ0v) is 11.9. The summed E-state index contributed by atoms with van der Waals surface area (Å²) in [5, 5.41) is 0.582. The molecule has 0 bridgehead atoms. The third-order valence-electron chi connectivity index (χ3n) is 2.82. The number of hydrogen-bond donors (Lipinski definition) is 0. The van der Waals surface area contributed by atoms with Gasteiger partial charge in [0, 0.05) is 18.1 Å². The molecule has 1 aromatic rings. The van der Waals surface area contributed by atoms with Crippen LogP contribution in [-0.4, -0.2) is 49.1 Å². The Morgan fingerprint density at radius 2 is 2.37 bits per heavy atom. The second-order valence-corrected chi connectivity index (χ2v) is 4.98. The summed E-state index contributed by atoms with van der Waals surface area (Å²) in [7, 11) is 0. The SMILES string of the molecule is O=C(COc1cccc(Cl)c1)N1CCOC(CCl)C1. The van der Waals surface area contributed by atoms with E-state index in [1.807, 2.05) is 0 Å². The number of rotatable bonds is 4. The van der Waals surface area contributed by atoms with Crippen LogP contribution in [0, 0.1) is 0 Å². The molecule has 1 aromatic carbocycles. The molecule has 0 aliphatic carbocycles. The largest absolute Gasteiger partial charge is 0.484 e. The number of halogens is 2. The predicted molar refractivity (Wildman–Crippen MR) is 74.0 cm³/mol. The number of amides is 1. The second kappa shape index (κ2) is 6.98. The molecular weight excluding hydrogens is 289 g/mol. The average Bonchev–Trinajstić information content (AvgIpc) is 2.45. The van der Waals surface area contributed by atoms with Gasteiger partial charge in [-0.25, -0.2) is 0 Å². The van der Waals surface area contributed by atoms with Crippen LogP contribution in [0.5, 0.6) is 5.75 Å². The first-order valence-electron chi connectivity index (χ1n) is 6.03. The minimum Gasteiger partial charge on any atom is -0.484 e. The zero-order chi connectivity index (χ0) is 13.7. The van der Waals surface area contributed by atoms with Gasteiger partial charge in [0.15, 0.2) is 6.61 Å². The summed E-state index contributed by atoms with van der Waals surface area (Å²) in [6, 6.07) is 6.97. The van der Waals surface area contributed by atoms with Gasteiger partial charge in [0.2, 0.25) is 0 Å². The fourth-order valence-corrected chi connectivity index (χ4v) is 2.20. The number of morpholine rings is 1. The molecule has 6 heteroatoms. The van der Waals surface area contributed by atoms with Crippen molar-refractivity contribution in [2.75, 3.05) is 32.2 Å². The molecule has 0 aromatic heterocycles. The molecule has 0 radical (unpaired) electrons. The number of ether oxygens (including phenoxy) is 2. The minimum absolute atomic E-state index is 0.00462. The van der Waals surface area contributed by atoms with Crippen molar-refractivity contribution in [1.29, 1.82) is 0 Å². The van der Waals surface area contributed by atoms with Gasteiger partial charge in [-0.1, -0.05) is 17.7 Å². The molecule has 1 saturated heterocycles. The summed E-state index contributed by atoms with van der Waals surface area (Å²) in [6.07, 6.45) is -0.0921. The molecule has 1 heterocycles. The maximum atomic E-state index is 12.0. The van der Waals surface area contributed by atoms with E-state index in [-0.39, 0.29) is 18.6 Å². The van der Waals surface area contributed by atoms with Gasteiger partial charge < -0.3 is 14.4 Å². The van der Waals surface area contributed by atoms with E-state index in [1.165, 1.54) is 0 Å². The predicted octanol–water partition coefficient (Wildman–Crippen LogP) is 2.18. The second-order valence-electron chi connectivity index (χ2n) is 4.23. The maximum Gasteiger partial charge on any atom is 0.260 e. The number of benzene rings is 1. The van der Waals surface area contributed by atoms with Gasteiger partial charge >= 0.3 is 0 Å². The van der Waals surface area contributed by atoms with Crippen molar-refractivity contribution in [2.45, 2.75) is 6.10 Å². The molecule has 1 amide bonds. The Morgan fingerprint density at radius 3 is 3.11 bits per heavy atom. The number of carbonyl (C=O) groups excluding carboxylic acids is 1. The number of hydrogen-bond acceptors (Lipinski definition) is 3. The van der Waals surface area contributed by atoms with E-state index >= 15 is 0 Å². The first kappa shape index (κ1) is 14.4. The number of nitrogens with zero attached hydrogens (tertiary/aromatic N) is 1. The Balaban J connectivity index is 1.84. The highest BCUT2D eigenvalue weighted by atomic mass is 35.5. The van der Waals surface area contributed by atoms with Crippen LogP contribution in [0.3, 0.4) is 0 Å². The molecule has 1 atom stereocenters. The highest BCUT2D eigenvalue weighted by Crippen LogP contribution is 2.17. The molecule has 1 aliphatic heterocycles. The third kappa shape index (κ3) is 4.27. The molecule has 0 N–H and O–H groups in total. The molecule has 0 spiro atoms. The molecular formula is C13H15Cl2NO3. The van der Waals surface area contributed by atoms with E-state index in [4.69, 9.17) is 32.7 Å². The lowest BCUT2D eigenvalue weighted by atomic mass is 10.3. The van der Waals surface area contributed by atoms with Crippen molar-refractivity contribution < 1.29 is 14.3 Å². The lowest BCUT2D eigenvalue weighted by molar-refractivity contribution is -0.140. The van der Waals surface area contributed by atoms with Crippen molar-refractivity contribution in [2.24, 2.45) is 0 Å². The van der Waals surface area contributed by atoms with Crippen molar-refractivity contribution in [1.82, 2.24) is 4.90 Å². The van der Waals surface area contributed by atoms with E-state index in [0.717, 1.165) is 0 Å². The summed E-state index contributed by atoms with van der Waals surface area (Å²) >= 11 is 11.6. The van der Waals surface area contributed by atoms with Crippen LogP contribution in [-0.2, 0) is 9.53 Å². The van der Waals surface area contributed by atoms with Crippen LogP contribution in [0.15, 0.2) is 24.3 Å². The van der Waals surface area contributed by atoms with E-state index in [9.17, 15) is 4.79 Å². The standard InChI is InChI=1S/C13H15Cl2NO3/c14-7-12-8-16(4-5-18-12)13(17)9-19-11-3-1-2-10(15)6-11/h1-3,6,12H,4-5,7-9H2. The lowest BCUT2D eigenvalue weighted by Gasteiger charge is -2.31. The number of alkyl halides is 1. The highest BCUT2D eigenvalue weighted by molar-refractivity contribution is 6.30. The molecule has 4 nitrogen and oxygen atoms in total. The van der Waals surface area contributed by atoms with Gasteiger partial charge in [0.05, 0.1) is 18.6 Å². The third-order valence-corrected chi connectivity index (χ3v) is 3.40. The van der Waals surface area contributed by atoms with Gasteiger partial charge in [-0.2, -0.15) is 0 Å². The maximum absolute atomic E-state index is 12.0. The first-order chi connectivity index (χ1) is 9.19. The van der Waals surface area contributed by atoms with E-state index < -0.39 is 0 Å². The van der Waals surface area contributed by atoms with E-state index in [1.54, 1.807) is 29.2 Å². The Bertz CT molecular complexity index is 442. The van der Waals surface area contributed by atoms with Gasteiger partial charge in [-0.15, -0.1) is 11.6 Å². The molecule has 1 unspecified atom stereocenters. The Hall–Kier alpha value is -0.970. The van der Waals surface area contributed by atoms with Crippen molar-refractivity contribution in [3.05, 3.63) is 29.3 Å². The zero-order valence-electron chi connectivity index (χ0n) is 10.4. The smallest absolute Gasteiger partial charge is 0.260 e. The van der Waals surface area contributed by atoms with Gasteiger partial charge in [-0.05, 0) is 18.2 Å². The first-order valence-corrected chi connectivity index (χ1v) is 6.94. The summed E-state index contributed by atoms with van der Waals surface area (Å²) < 4.78 is 10.8. The van der Waals surface area contributed by atoms with Crippen LogP contribution in [0.2, 0.25) is 5.02 Å². The molecule has 2 rings (SSSR count). The van der Waals surface area contributed by atoms with E-state index in [0.29, 0.717) is 36.3 Å². The lowest BCUT2D eigenvalue weighted by Crippen LogP contribution is -2.47. The molecule has 1 fully saturated rings. The minimum atomic E-state index is -0.0921. The topological polar surface area (TPSA) is 38.8 Å². The van der Waals surface area contributed by atoms with Crippen molar-refractivity contribution >= 4 is 29.1 Å². The summed E-state index contributed by atoms with van der Waals surface area (Å²) in [6.45, 7) is 1.60. The van der Waals surface area contributed by atoms with Crippen LogP contribution in [0.4, 0.5) is 0 Å². The van der Waals surface area contributed by atoms with E-state index in [2.05, 4.69) is 0 Å². The highest BCUT2D eigenvalue weighted by Gasteiger charge is 2.23. The fourth-order valence-electron chi connectivity index (χ4n) is 1.83. The normalized spacial score (nSPS) is 19.3. The van der Waals surface area contributed by atoms with Crippen LogP contribution in [0.25, 0.3) is 0 Å². The molecule has 1 aliphatic rings. The summed E-state index contributed by atoms with van der Waals surface area (Å²) in [4.78, 5) is 13.7. The quantitative estimate of drug-likeness (QED) is 0.800. The van der Waals surface area contributed by atoms with Crippen LogP contribution >= 0.6 is 23.2 Å². The van der Waals surface area contributed by atoms with Gasteiger partial charge in [0.1, 0.15) is 5.75 Å². The molecule has 0 saturated carbocycles. The van der Waals surface area contributed by atoms with Crippen molar-refractivity contribution in [3.63, 3.8) is 0 Å². The van der Waals surface area contributed by atoms with Gasteiger partial charge in [-0.3, -0.25) is 4.79 Å². The number of carbonyl (C=O) groups is 1. The van der Waals surface area contributed by atoms with Crippen molar-refractivity contribution in [3.8, 4) is 5.75 Å². The Morgan fingerprint density at radius 1 is 1.53 bits per heavy atom. The van der Waals surface area contributed by atoms with Gasteiger partial charge in [0.25, 0.3) is 5.91 Å². The van der Waals surface area contributed by atoms with Crippen LogP contribution < -0.4 is 4.74 Å². The average molecular weight is 304 g/mol. The Kier molecular flexibility index (Phi) is 5.31. The monoisotopic (exact) mass is 303 g/mol. The molecule has 104 valence electrons. The van der Waals surface area contributed by atoms with Crippen LogP contribution in [0.1, 0.15) is 0 Å². The molecule has 19 heavy (non-hydrogen) atoms. The Labute approximate surface area is 122 Å².